The van der Waals surface area contributed by atoms with E-state index >= 15 is 0 Å². The summed E-state index contributed by atoms with van der Waals surface area (Å²) in [5.41, 5.74) is 2.47. The van der Waals surface area contributed by atoms with E-state index in [1.165, 1.54) is 0 Å². The first-order valence-electron chi connectivity index (χ1n) is 9.19. The van der Waals surface area contributed by atoms with Crippen LogP contribution in [0.3, 0.4) is 0 Å². The molecule has 2 aromatic rings. The number of nitrogens with zero attached hydrogens (tertiary/aromatic N) is 1. The fourth-order valence-electron chi connectivity index (χ4n) is 3.23. The van der Waals surface area contributed by atoms with Gasteiger partial charge >= 0.3 is 0 Å². The number of ether oxygens (including phenoxy) is 2. The molecule has 0 radical (unpaired) electrons. The molecule has 1 aliphatic heterocycles. The Bertz CT molecular complexity index is 857. The van der Waals surface area contributed by atoms with Crippen LogP contribution in [-0.2, 0) is 0 Å². The van der Waals surface area contributed by atoms with Crippen LogP contribution in [0, 0.1) is 12.3 Å². The van der Waals surface area contributed by atoms with Gasteiger partial charge in [0.1, 0.15) is 12.8 Å². The molecule has 0 unspecified atom stereocenters. The van der Waals surface area contributed by atoms with Crippen molar-refractivity contribution in [2.45, 2.75) is 26.4 Å². The van der Waals surface area contributed by atoms with Gasteiger partial charge in [-0.3, -0.25) is 4.79 Å². The molecule has 0 saturated carbocycles. The Kier molecular flexibility index (Phi) is 5.87. The van der Waals surface area contributed by atoms with Crippen LogP contribution in [0.25, 0.3) is 0 Å². The van der Waals surface area contributed by atoms with E-state index in [4.69, 9.17) is 15.9 Å². The predicted octanol–water partition coefficient (Wildman–Crippen LogP) is 4.07. The van der Waals surface area contributed by atoms with Crippen LogP contribution in [0.5, 0.6) is 11.5 Å². The van der Waals surface area contributed by atoms with E-state index in [-0.39, 0.29) is 18.7 Å². The number of benzene rings is 2. The number of carbonyl (C=O) groups is 1. The lowest BCUT2D eigenvalue weighted by Gasteiger charge is -2.38. The molecule has 0 bridgehead atoms. The Hall–Kier alpha value is -3.13. The van der Waals surface area contributed by atoms with Gasteiger partial charge in [0.15, 0.2) is 11.5 Å². The number of fused-ring (bicyclic) bond motifs is 1. The van der Waals surface area contributed by atoms with Crippen molar-refractivity contribution in [1.29, 1.82) is 0 Å². The molecule has 0 fully saturated rings. The molecule has 2 aromatic carbocycles. The quantitative estimate of drug-likeness (QED) is 0.753. The number of terminal acetylenes is 1. The van der Waals surface area contributed by atoms with Crippen molar-refractivity contribution in [1.82, 2.24) is 4.90 Å². The van der Waals surface area contributed by atoms with Crippen LogP contribution < -0.4 is 14.8 Å². The average Bonchev–Trinajstić information content (AvgIpc) is 2.69. The van der Waals surface area contributed by atoms with E-state index in [0.29, 0.717) is 30.2 Å². The van der Waals surface area contributed by atoms with Gasteiger partial charge in [-0.05, 0) is 43.2 Å². The van der Waals surface area contributed by atoms with Crippen LogP contribution in [0.4, 0.5) is 5.69 Å². The summed E-state index contributed by atoms with van der Waals surface area (Å²) in [6.45, 7) is 5.32. The molecule has 140 valence electrons. The van der Waals surface area contributed by atoms with Crippen LogP contribution in [0.2, 0.25) is 0 Å². The Labute approximate surface area is 160 Å². The average molecular weight is 364 g/mol. The predicted molar refractivity (Wildman–Crippen MR) is 106 cm³/mol. The molecule has 0 aliphatic carbocycles. The molecule has 1 atom stereocenters. The van der Waals surface area contributed by atoms with E-state index in [9.17, 15) is 4.79 Å². The van der Waals surface area contributed by atoms with Gasteiger partial charge in [0.2, 0.25) is 0 Å². The summed E-state index contributed by atoms with van der Waals surface area (Å²) < 4.78 is 11.3. The van der Waals surface area contributed by atoms with Gasteiger partial charge < -0.3 is 19.7 Å². The fraction of sp³-hybridized carbons (Fsp3) is 0.318. The van der Waals surface area contributed by atoms with Gasteiger partial charge in [-0.2, -0.15) is 0 Å². The zero-order chi connectivity index (χ0) is 19.2. The second-order valence-corrected chi connectivity index (χ2v) is 6.22. The van der Waals surface area contributed by atoms with E-state index in [0.717, 1.165) is 17.7 Å². The van der Waals surface area contributed by atoms with Crippen LogP contribution >= 0.6 is 0 Å². The zero-order valence-corrected chi connectivity index (χ0v) is 15.7. The first-order chi connectivity index (χ1) is 13.2. The highest BCUT2D eigenvalue weighted by Gasteiger charge is 2.32. The van der Waals surface area contributed by atoms with Gasteiger partial charge in [-0.25, -0.2) is 0 Å². The summed E-state index contributed by atoms with van der Waals surface area (Å²) in [7, 11) is 0. The lowest BCUT2D eigenvalue weighted by atomic mass is 10.0. The van der Waals surface area contributed by atoms with E-state index in [1.54, 1.807) is 0 Å². The number of hydrogen-bond donors (Lipinski definition) is 1. The standard InChI is InChI=1S/C22H24N2O3/c1-4-13-24-21(23-18-10-8-7-9-17(18)22(24)25)16-11-12-19(27-14-5-2)20(15-16)26-6-3/h2,7-12,15,21,23H,4,6,13-14H2,1,3H3/t21-/m0/s1. The highest BCUT2D eigenvalue weighted by molar-refractivity contribution is 6.01. The Morgan fingerprint density at radius 1 is 1.15 bits per heavy atom. The molecule has 0 saturated heterocycles. The summed E-state index contributed by atoms with van der Waals surface area (Å²) >= 11 is 0. The number of rotatable bonds is 7. The molecule has 1 amide bonds. The van der Waals surface area contributed by atoms with Gasteiger partial charge in [-0.15, -0.1) is 6.42 Å². The second kappa shape index (κ2) is 8.50. The first kappa shape index (κ1) is 18.7. The molecule has 1 heterocycles. The fourth-order valence-corrected chi connectivity index (χ4v) is 3.23. The summed E-state index contributed by atoms with van der Waals surface area (Å²) in [5, 5.41) is 3.49. The summed E-state index contributed by atoms with van der Waals surface area (Å²) in [4.78, 5) is 14.9. The van der Waals surface area contributed by atoms with Crippen molar-refractivity contribution in [3.8, 4) is 23.8 Å². The van der Waals surface area contributed by atoms with E-state index < -0.39 is 0 Å². The molecule has 1 aliphatic rings. The maximum Gasteiger partial charge on any atom is 0.257 e. The van der Waals surface area contributed by atoms with Gasteiger partial charge in [-0.1, -0.05) is 31.0 Å². The third kappa shape index (κ3) is 3.85. The molecule has 27 heavy (non-hydrogen) atoms. The minimum absolute atomic E-state index is 0.0295. The molecule has 0 spiro atoms. The maximum absolute atomic E-state index is 13.0. The van der Waals surface area contributed by atoms with Crippen molar-refractivity contribution in [3.63, 3.8) is 0 Å². The molecule has 1 N–H and O–H groups in total. The van der Waals surface area contributed by atoms with Crippen LogP contribution in [0.1, 0.15) is 42.4 Å². The third-order valence-electron chi connectivity index (χ3n) is 4.38. The molecule has 5 nitrogen and oxygen atoms in total. The van der Waals surface area contributed by atoms with Crippen molar-refractivity contribution in [2.75, 3.05) is 25.1 Å². The minimum Gasteiger partial charge on any atom is -0.490 e. The lowest BCUT2D eigenvalue weighted by molar-refractivity contribution is 0.0683. The molecular formula is C22H24N2O3. The van der Waals surface area contributed by atoms with Gasteiger partial charge in [0.05, 0.1) is 12.2 Å². The smallest absolute Gasteiger partial charge is 0.257 e. The first-order valence-corrected chi connectivity index (χ1v) is 9.19. The topological polar surface area (TPSA) is 50.8 Å². The van der Waals surface area contributed by atoms with E-state index in [2.05, 4.69) is 18.2 Å². The van der Waals surface area contributed by atoms with Crippen molar-refractivity contribution >= 4 is 11.6 Å². The van der Waals surface area contributed by atoms with Gasteiger partial charge in [0.25, 0.3) is 5.91 Å². The summed E-state index contributed by atoms with van der Waals surface area (Å²) in [6, 6.07) is 13.3. The number of anilines is 1. The number of hydrogen-bond acceptors (Lipinski definition) is 4. The second-order valence-electron chi connectivity index (χ2n) is 6.22. The van der Waals surface area contributed by atoms with Gasteiger partial charge in [0, 0.05) is 12.2 Å². The van der Waals surface area contributed by atoms with Crippen LogP contribution in [-0.4, -0.2) is 30.6 Å². The number of amides is 1. The minimum atomic E-state index is -0.270. The highest BCUT2D eigenvalue weighted by Crippen LogP contribution is 2.37. The third-order valence-corrected chi connectivity index (χ3v) is 4.38. The number of carbonyl (C=O) groups excluding carboxylic acids is 1. The van der Waals surface area contributed by atoms with Crippen LogP contribution in [0.15, 0.2) is 42.5 Å². The van der Waals surface area contributed by atoms with Crippen molar-refractivity contribution in [3.05, 3.63) is 53.6 Å². The van der Waals surface area contributed by atoms with E-state index in [1.807, 2.05) is 54.3 Å². The Morgan fingerprint density at radius 3 is 2.70 bits per heavy atom. The van der Waals surface area contributed by atoms with Crippen molar-refractivity contribution < 1.29 is 14.3 Å². The SMILES string of the molecule is C#CCOc1ccc([C@H]2Nc3ccccc3C(=O)N2CCC)cc1OCC. The lowest BCUT2D eigenvalue weighted by Crippen LogP contribution is -2.43. The monoisotopic (exact) mass is 364 g/mol. The summed E-state index contributed by atoms with van der Waals surface area (Å²) in [5.74, 6) is 3.71. The number of para-hydroxylation sites is 1. The van der Waals surface area contributed by atoms with Crippen molar-refractivity contribution in [2.24, 2.45) is 0 Å². The Morgan fingerprint density at radius 2 is 1.96 bits per heavy atom. The molecular weight excluding hydrogens is 340 g/mol. The maximum atomic E-state index is 13.0. The molecule has 5 heteroatoms. The molecule has 0 aromatic heterocycles. The number of nitrogens with one attached hydrogen (secondary N) is 1. The Balaban J connectivity index is 1.99. The normalized spacial score (nSPS) is 15.5. The zero-order valence-electron chi connectivity index (χ0n) is 15.7. The molecule has 3 rings (SSSR count). The summed E-state index contributed by atoms with van der Waals surface area (Å²) in [6.07, 6.45) is 5.89. The highest BCUT2D eigenvalue weighted by atomic mass is 16.5. The largest absolute Gasteiger partial charge is 0.490 e.